The molecule has 0 aromatic carbocycles. The number of aliphatic hydroxyl groups is 7. The van der Waals surface area contributed by atoms with E-state index in [1.54, 1.807) is 0 Å². The van der Waals surface area contributed by atoms with Gasteiger partial charge in [0.1, 0.15) is 36.6 Å². The smallest absolute Gasteiger partial charge is 0.249 e. The third-order valence-electron chi connectivity index (χ3n) is 13.1. The molecule has 1 rings (SSSR count). The summed E-state index contributed by atoms with van der Waals surface area (Å²) in [6.45, 7) is 3.43. The highest BCUT2D eigenvalue weighted by molar-refractivity contribution is 5.80. The molecule has 1 aliphatic rings. The van der Waals surface area contributed by atoms with Gasteiger partial charge in [-0.1, -0.05) is 197 Å². The van der Waals surface area contributed by atoms with Gasteiger partial charge in [0, 0.05) is 0 Å². The second-order valence-corrected chi connectivity index (χ2v) is 19.3. The molecule has 8 N–H and O–H groups in total. The van der Waals surface area contributed by atoms with Gasteiger partial charge in [0.15, 0.2) is 6.29 Å². The van der Waals surface area contributed by atoms with Crippen molar-refractivity contribution in [2.75, 3.05) is 13.2 Å². The van der Waals surface area contributed by atoms with Gasteiger partial charge in [-0.05, 0) is 83.5 Å². The molecule has 0 aromatic rings. The summed E-state index contributed by atoms with van der Waals surface area (Å²) in [5, 5.41) is 75.9. The van der Waals surface area contributed by atoms with Crippen LogP contribution in [0.15, 0.2) is 48.6 Å². The summed E-state index contributed by atoms with van der Waals surface area (Å²) in [7, 11) is 0. The Morgan fingerprint density at radius 2 is 0.940 bits per heavy atom. The lowest BCUT2D eigenvalue weighted by atomic mass is 9.98. The van der Waals surface area contributed by atoms with Crippen molar-refractivity contribution >= 4 is 5.91 Å². The Balaban J connectivity index is 2.37. The lowest BCUT2D eigenvalue weighted by Gasteiger charge is -2.40. The van der Waals surface area contributed by atoms with Crippen LogP contribution in [0.2, 0.25) is 0 Å². The summed E-state index contributed by atoms with van der Waals surface area (Å²) in [5.41, 5.74) is 0. The first-order chi connectivity index (χ1) is 32.7. The summed E-state index contributed by atoms with van der Waals surface area (Å²) < 4.78 is 11.1. The number of hydrogen-bond acceptors (Lipinski definition) is 10. The standard InChI is InChI=1S/C56H103NO10/c1-3-5-7-9-11-13-15-17-19-21-22-23-24-25-26-27-28-30-32-34-36-38-40-42-44-49(60)55(65)57-47(46-66-56-54(64)53(63)52(62)50(45-58)67-56)51(61)48(59)43-41-39-37-35-33-31-29-20-18-16-14-12-10-8-6-4-2/h20,22-23,25-26,29,35,37,47-54,56,58-64H,3-19,21,24,27-28,30-34,36,38-46H2,1-2H3,(H,57,65)/b23-22-,26-25-,29-20+,37-35+. The normalized spacial score (nSPS) is 21.0. The zero-order valence-electron chi connectivity index (χ0n) is 42.6. The molecular weight excluding hydrogens is 847 g/mol. The van der Waals surface area contributed by atoms with Gasteiger partial charge < -0.3 is 50.5 Å². The average molecular weight is 950 g/mol. The molecule has 11 nitrogen and oxygen atoms in total. The molecule has 0 bridgehead atoms. The van der Waals surface area contributed by atoms with Gasteiger partial charge in [-0.2, -0.15) is 0 Å². The molecule has 392 valence electrons. The molecular formula is C56H103NO10. The van der Waals surface area contributed by atoms with Gasteiger partial charge >= 0.3 is 0 Å². The fourth-order valence-electron chi connectivity index (χ4n) is 8.55. The van der Waals surface area contributed by atoms with Crippen LogP contribution < -0.4 is 5.32 Å². The van der Waals surface area contributed by atoms with Crippen LogP contribution >= 0.6 is 0 Å². The van der Waals surface area contributed by atoms with Crippen molar-refractivity contribution in [2.24, 2.45) is 0 Å². The number of hydrogen-bond donors (Lipinski definition) is 8. The highest BCUT2D eigenvalue weighted by atomic mass is 16.7. The second kappa shape index (κ2) is 45.2. The van der Waals surface area contributed by atoms with Crippen LogP contribution in [0.5, 0.6) is 0 Å². The van der Waals surface area contributed by atoms with E-state index < -0.39 is 74.2 Å². The fraction of sp³-hybridized carbons (Fsp3) is 0.839. The molecule has 0 spiro atoms. The molecule has 0 saturated carbocycles. The third-order valence-corrected chi connectivity index (χ3v) is 13.1. The van der Waals surface area contributed by atoms with Crippen molar-refractivity contribution in [3.8, 4) is 0 Å². The number of carbonyl (C=O) groups is 1. The molecule has 1 saturated heterocycles. The van der Waals surface area contributed by atoms with Crippen molar-refractivity contribution in [3.63, 3.8) is 0 Å². The highest BCUT2D eigenvalue weighted by Gasteiger charge is 2.44. The largest absolute Gasteiger partial charge is 0.394 e. The molecule has 1 fully saturated rings. The van der Waals surface area contributed by atoms with Gasteiger partial charge in [0.05, 0.1) is 25.4 Å². The maximum Gasteiger partial charge on any atom is 0.249 e. The highest BCUT2D eigenvalue weighted by Crippen LogP contribution is 2.23. The number of aliphatic hydroxyl groups excluding tert-OH is 7. The summed E-state index contributed by atoms with van der Waals surface area (Å²) in [6, 6.07) is -1.19. The van der Waals surface area contributed by atoms with Crippen molar-refractivity contribution in [1.82, 2.24) is 5.32 Å². The number of nitrogens with one attached hydrogen (secondary N) is 1. The van der Waals surface area contributed by atoms with E-state index in [2.05, 4.69) is 67.8 Å². The Hall–Kier alpha value is -1.93. The minimum atomic E-state index is -1.67. The number of unbranched alkanes of at least 4 members (excludes halogenated alkanes) is 26. The number of allylic oxidation sites excluding steroid dienone is 8. The van der Waals surface area contributed by atoms with Crippen LogP contribution in [0.3, 0.4) is 0 Å². The minimum absolute atomic E-state index is 0.243. The first-order valence-electron chi connectivity index (χ1n) is 27.5. The van der Waals surface area contributed by atoms with Gasteiger partial charge in [0.25, 0.3) is 0 Å². The van der Waals surface area contributed by atoms with Crippen LogP contribution in [-0.2, 0) is 14.3 Å². The van der Waals surface area contributed by atoms with E-state index in [0.717, 1.165) is 57.8 Å². The summed E-state index contributed by atoms with van der Waals surface area (Å²) in [6.07, 6.45) is 44.5. The molecule has 0 radical (unpaired) electrons. The van der Waals surface area contributed by atoms with Gasteiger partial charge in [-0.15, -0.1) is 0 Å². The predicted octanol–water partition coefficient (Wildman–Crippen LogP) is 10.9. The minimum Gasteiger partial charge on any atom is -0.394 e. The number of amides is 1. The van der Waals surface area contributed by atoms with Crippen molar-refractivity contribution in [1.29, 1.82) is 0 Å². The summed E-state index contributed by atoms with van der Waals surface area (Å²) >= 11 is 0. The summed E-state index contributed by atoms with van der Waals surface area (Å²) in [5.74, 6) is -0.716. The Bertz CT molecular complexity index is 1230. The zero-order valence-corrected chi connectivity index (χ0v) is 42.6. The average Bonchev–Trinajstić information content (AvgIpc) is 3.33. The predicted molar refractivity (Wildman–Crippen MR) is 275 cm³/mol. The fourth-order valence-corrected chi connectivity index (χ4v) is 8.55. The van der Waals surface area contributed by atoms with E-state index >= 15 is 0 Å². The van der Waals surface area contributed by atoms with Crippen LogP contribution in [0.1, 0.15) is 232 Å². The van der Waals surface area contributed by atoms with Gasteiger partial charge in [-0.3, -0.25) is 4.79 Å². The third kappa shape index (κ3) is 34.1. The van der Waals surface area contributed by atoms with Crippen LogP contribution in [-0.4, -0.2) is 110 Å². The Morgan fingerprint density at radius 3 is 1.42 bits per heavy atom. The molecule has 0 aromatic heterocycles. The molecule has 67 heavy (non-hydrogen) atoms. The SMILES string of the molecule is CCCCCCCCC/C=C/CC/C=C/CCCC(O)C(O)C(COC1OC(CO)C(O)C(O)C1O)NC(=O)C(O)CCCCCCCCCC/C=C\C/C=C\CCCCCCCCCCC. The van der Waals surface area contributed by atoms with Crippen LogP contribution in [0, 0.1) is 0 Å². The number of rotatable bonds is 46. The molecule has 11 heteroatoms. The Labute approximate surface area is 409 Å². The van der Waals surface area contributed by atoms with Crippen molar-refractivity contribution in [2.45, 2.75) is 287 Å². The van der Waals surface area contributed by atoms with Crippen LogP contribution in [0.25, 0.3) is 0 Å². The number of ether oxygens (including phenoxy) is 2. The molecule has 1 amide bonds. The van der Waals surface area contributed by atoms with E-state index in [4.69, 9.17) is 9.47 Å². The van der Waals surface area contributed by atoms with E-state index in [-0.39, 0.29) is 12.8 Å². The zero-order chi connectivity index (χ0) is 49.0. The first kappa shape index (κ1) is 63.1. The summed E-state index contributed by atoms with van der Waals surface area (Å²) in [4.78, 5) is 13.1. The number of carbonyl (C=O) groups excluding carboxylic acids is 1. The van der Waals surface area contributed by atoms with E-state index in [0.29, 0.717) is 19.3 Å². The maximum atomic E-state index is 13.1. The van der Waals surface area contributed by atoms with Crippen molar-refractivity contribution in [3.05, 3.63) is 48.6 Å². The molecule has 9 atom stereocenters. The molecule has 1 aliphatic heterocycles. The maximum absolute atomic E-state index is 13.1. The first-order valence-corrected chi connectivity index (χ1v) is 27.5. The van der Waals surface area contributed by atoms with E-state index in [1.807, 2.05) is 0 Å². The molecule has 1 heterocycles. The van der Waals surface area contributed by atoms with Crippen LogP contribution in [0.4, 0.5) is 0 Å². The van der Waals surface area contributed by atoms with Crippen molar-refractivity contribution < 1.29 is 50.0 Å². The van der Waals surface area contributed by atoms with E-state index in [1.165, 1.54) is 128 Å². The topological polar surface area (TPSA) is 189 Å². The molecule has 0 aliphatic carbocycles. The Morgan fingerprint density at radius 1 is 0.522 bits per heavy atom. The quantitative estimate of drug-likeness (QED) is 0.0215. The lowest BCUT2D eigenvalue weighted by Crippen LogP contribution is -2.60. The second-order valence-electron chi connectivity index (χ2n) is 19.3. The lowest BCUT2D eigenvalue weighted by molar-refractivity contribution is -0.303. The van der Waals surface area contributed by atoms with Gasteiger partial charge in [-0.25, -0.2) is 0 Å². The van der Waals surface area contributed by atoms with Gasteiger partial charge in [0.2, 0.25) is 5.91 Å². The van der Waals surface area contributed by atoms with E-state index in [9.17, 15) is 40.5 Å². The molecule has 9 unspecified atom stereocenters. The Kier molecular flexibility index (Phi) is 42.6. The monoisotopic (exact) mass is 950 g/mol.